The van der Waals surface area contributed by atoms with E-state index >= 15 is 0 Å². The maximum absolute atomic E-state index is 10.3. The monoisotopic (exact) mass is 282 g/mol. The Morgan fingerprint density at radius 3 is 2.62 bits per heavy atom. The molecular weight excluding hydrogens is 260 g/mol. The summed E-state index contributed by atoms with van der Waals surface area (Å²) in [5, 5.41) is 13.4. The third-order valence-electron chi connectivity index (χ3n) is 4.41. The third-order valence-corrected chi connectivity index (χ3v) is 4.41. The van der Waals surface area contributed by atoms with E-state index in [0.29, 0.717) is 5.75 Å². The van der Waals surface area contributed by atoms with Crippen molar-refractivity contribution in [1.82, 2.24) is 5.32 Å². The van der Waals surface area contributed by atoms with Crippen LogP contribution in [-0.2, 0) is 13.0 Å². The SMILES string of the molecule is CNC(C)c1ccc(N2CCc3ccccc3C2)cc1O. The zero-order valence-electron chi connectivity index (χ0n) is 12.6. The molecule has 21 heavy (non-hydrogen) atoms. The van der Waals surface area contributed by atoms with Gasteiger partial charge in [-0.2, -0.15) is 0 Å². The Kier molecular flexibility index (Phi) is 3.84. The molecule has 0 fully saturated rings. The van der Waals surface area contributed by atoms with Gasteiger partial charge in [0.2, 0.25) is 0 Å². The number of nitrogens with zero attached hydrogens (tertiary/aromatic N) is 1. The second-order valence-corrected chi connectivity index (χ2v) is 5.69. The summed E-state index contributed by atoms with van der Waals surface area (Å²) in [4.78, 5) is 2.33. The third kappa shape index (κ3) is 2.74. The lowest BCUT2D eigenvalue weighted by atomic mass is 9.99. The number of aromatic hydroxyl groups is 1. The van der Waals surface area contributed by atoms with Crippen LogP contribution in [0, 0.1) is 0 Å². The van der Waals surface area contributed by atoms with Crippen molar-refractivity contribution >= 4 is 5.69 Å². The molecule has 0 radical (unpaired) electrons. The number of phenols is 1. The van der Waals surface area contributed by atoms with Gasteiger partial charge in [0.25, 0.3) is 0 Å². The summed E-state index contributed by atoms with van der Waals surface area (Å²) >= 11 is 0. The molecule has 0 aromatic heterocycles. The molecule has 2 N–H and O–H groups in total. The number of benzene rings is 2. The van der Waals surface area contributed by atoms with Gasteiger partial charge in [-0.1, -0.05) is 30.3 Å². The van der Waals surface area contributed by atoms with Crippen molar-refractivity contribution in [2.75, 3.05) is 18.5 Å². The lowest BCUT2D eigenvalue weighted by molar-refractivity contribution is 0.457. The Balaban J connectivity index is 1.84. The van der Waals surface area contributed by atoms with E-state index in [2.05, 4.69) is 40.5 Å². The summed E-state index contributed by atoms with van der Waals surface area (Å²) in [5.74, 6) is 0.369. The molecule has 3 rings (SSSR count). The first-order valence-corrected chi connectivity index (χ1v) is 7.51. The van der Waals surface area contributed by atoms with E-state index in [1.165, 1.54) is 11.1 Å². The summed E-state index contributed by atoms with van der Waals surface area (Å²) in [6.45, 7) is 3.96. The Morgan fingerprint density at radius 2 is 1.90 bits per heavy atom. The molecule has 110 valence electrons. The molecule has 2 aromatic rings. The molecule has 1 aliphatic rings. The fraction of sp³-hybridized carbons (Fsp3) is 0.333. The molecule has 0 saturated carbocycles. The van der Waals surface area contributed by atoms with Crippen LogP contribution in [-0.4, -0.2) is 18.7 Å². The first kappa shape index (κ1) is 14.0. The van der Waals surface area contributed by atoms with Crippen molar-refractivity contribution in [1.29, 1.82) is 0 Å². The van der Waals surface area contributed by atoms with Crippen LogP contribution >= 0.6 is 0 Å². The molecule has 0 amide bonds. The quantitative estimate of drug-likeness (QED) is 0.907. The van der Waals surface area contributed by atoms with Crippen LogP contribution in [0.1, 0.15) is 29.7 Å². The first-order chi connectivity index (χ1) is 10.2. The van der Waals surface area contributed by atoms with Crippen LogP contribution in [0.2, 0.25) is 0 Å². The van der Waals surface area contributed by atoms with Crippen molar-refractivity contribution in [3.8, 4) is 5.75 Å². The lowest BCUT2D eigenvalue weighted by Gasteiger charge is -2.31. The van der Waals surface area contributed by atoms with Gasteiger partial charge in [-0.3, -0.25) is 0 Å². The molecule has 1 unspecified atom stereocenters. The standard InChI is InChI=1S/C18H22N2O/c1-13(19-2)17-8-7-16(11-18(17)21)20-10-9-14-5-3-4-6-15(14)12-20/h3-8,11,13,19,21H,9-10,12H2,1-2H3. The topological polar surface area (TPSA) is 35.5 Å². The van der Waals surface area contributed by atoms with Gasteiger partial charge >= 0.3 is 0 Å². The predicted octanol–water partition coefficient (Wildman–Crippen LogP) is 3.24. The van der Waals surface area contributed by atoms with Crippen molar-refractivity contribution < 1.29 is 5.11 Å². The minimum atomic E-state index is 0.154. The summed E-state index contributed by atoms with van der Waals surface area (Å²) < 4.78 is 0. The van der Waals surface area contributed by atoms with E-state index in [1.807, 2.05) is 26.1 Å². The number of phenolic OH excluding ortho intramolecular Hbond substituents is 1. The number of rotatable bonds is 3. The van der Waals surface area contributed by atoms with E-state index < -0.39 is 0 Å². The highest BCUT2D eigenvalue weighted by atomic mass is 16.3. The van der Waals surface area contributed by atoms with Crippen LogP contribution in [0.25, 0.3) is 0 Å². The first-order valence-electron chi connectivity index (χ1n) is 7.51. The average molecular weight is 282 g/mol. The lowest BCUT2D eigenvalue weighted by Crippen LogP contribution is -2.30. The maximum Gasteiger partial charge on any atom is 0.122 e. The second-order valence-electron chi connectivity index (χ2n) is 5.69. The van der Waals surface area contributed by atoms with E-state index in [1.54, 1.807) is 0 Å². The fourth-order valence-electron chi connectivity index (χ4n) is 2.97. The van der Waals surface area contributed by atoms with Gasteiger partial charge in [-0.25, -0.2) is 0 Å². The predicted molar refractivity (Wildman–Crippen MR) is 86.8 cm³/mol. The molecule has 0 saturated heterocycles. The Labute approximate surface area is 126 Å². The van der Waals surface area contributed by atoms with Crippen LogP contribution in [0.3, 0.4) is 0 Å². The van der Waals surface area contributed by atoms with Crippen molar-refractivity contribution in [2.45, 2.75) is 25.9 Å². The Hall–Kier alpha value is -2.00. The highest BCUT2D eigenvalue weighted by Gasteiger charge is 2.17. The van der Waals surface area contributed by atoms with E-state index in [0.717, 1.165) is 30.8 Å². The molecule has 1 atom stereocenters. The molecule has 2 aromatic carbocycles. The molecule has 0 aliphatic carbocycles. The molecule has 3 nitrogen and oxygen atoms in total. The summed E-state index contributed by atoms with van der Waals surface area (Å²) in [7, 11) is 1.90. The molecule has 1 heterocycles. The minimum absolute atomic E-state index is 0.154. The minimum Gasteiger partial charge on any atom is -0.508 e. The summed E-state index contributed by atoms with van der Waals surface area (Å²) in [6.07, 6.45) is 1.06. The van der Waals surface area contributed by atoms with Crippen molar-refractivity contribution in [3.63, 3.8) is 0 Å². The molecule has 1 aliphatic heterocycles. The molecular formula is C18H22N2O. The van der Waals surface area contributed by atoms with Crippen LogP contribution in [0.15, 0.2) is 42.5 Å². The van der Waals surface area contributed by atoms with E-state index in [9.17, 15) is 5.11 Å². The Morgan fingerprint density at radius 1 is 1.14 bits per heavy atom. The molecule has 0 spiro atoms. The number of nitrogens with one attached hydrogen (secondary N) is 1. The van der Waals surface area contributed by atoms with Gasteiger partial charge < -0.3 is 15.3 Å². The Bertz CT molecular complexity index is 639. The van der Waals surface area contributed by atoms with Crippen LogP contribution < -0.4 is 10.2 Å². The average Bonchev–Trinajstić information content (AvgIpc) is 2.53. The van der Waals surface area contributed by atoms with Gasteiger partial charge in [-0.05, 0) is 37.6 Å². The van der Waals surface area contributed by atoms with Gasteiger partial charge in [0, 0.05) is 36.4 Å². The summed E-state index contributed by atoms with van der Waals surface area (Å²) in [6, 6.07) is 14.8. The molecule has 0 bridgehead atoms. The number of hydrogen-bond donors (Lipinski definition) is 2. The van der Waals surface area contributed by atoms with Crippen molar-refractivity contribution in [3.05, 3.63) is 59.2 Å². The highest BCUT2D eigenvalue weighted by Crippen LogP contribution is 2.31. The van der Waals surface area contributed by atoms with Crippen LogP contribution in [0.4, 0.5) is 5.69 Å². The smallest absolute Gasteiger partial charge is 0.122 e. The van der Waals surface area contributed by atoms with Gasteiger partial charge in [0.1, 0.15) is 5.75 Å². The normalized spacial score (nSPS) is 15.6. The second kappa shape index (κ2) is 5.78. The summed E-state index contributed by atoms with van der Waals surface area (Å²) in [5.41, 5.74) is 4.86. The van der Waals surface area contributed by atoms with Crippen molar-refractivity contribution in [2.24, 2.45) is 0 Å². The van der Waals surface area contributed by atoms with Gasteiger partial charge in [0.05, 0.1) is 0 Å². The van der Waals surface area contributed by atoms with Crippen LogP contribution in [0.5, 0.6) is 5.75 Å². The van der Waals surface area contributed by atoms with E-state index in [4.69, 9.17) is 0 Å². The van der Waals surface area contributed by atoms with Gasteiger partial charge in [-0.15, -0.1) is 0 Å². The number of anilines is 1. The van der Waals surface area contributed by atoms with Gasteiger partial charge in [0.15, 0.2) is 0 Å². The zero-order valence-corrected chi connectivity index (χ0v) is 12.6. The fourth-order valence-corrected chi connectivity index (χ4v) is 2.97. The maximum atomic E-state index is 10.3. The molecule has 3 heteroatoms. The zero-order chi connectivity index (χ0) is 14.8. The highest BCUT2D eigenvalue weighted by molar-refractivity contribution is 5.55. The van der Waals surface area contributed by atoms with E-state index in [-0.39, 0.29) is 6.04 Å². The number of fused-ring (bicyclic) bond motifs is 1. The number of hydrogen-bond acceptors (Lipinski definition) is 3. The largest absolute Gasteiger partial charge is 0.508 e.